The largest absolute Gasteiger partial charge is 0.362 e. The molecule has 0 spiro atoms. The Morgan fingerprint density at radius 3 is 2.61 bits per heavy atom. The maximum absolute atomic E-state index is 12.2. The topological polar surface area (TPSA) is 90.5 Å². The number of hydrogen-bond donors (Lipinski definition) is 3. The van der Waals surface area contributed by atoms with Crippen molar-refractivity contribution in [2.24, 2.45) is 0 Å². The molecule has 1 aliphatic heterocycles. The Kier molecular flexibility index (Phi) is 6.49. The summed E-state index contributed by atoms with van der Waals surface area (Å²) in [6.07, 6.45) is 1.98. The first-order chi connectivity index (χ1) is 13.5. The Morgan fingerprint density at radius 2 is 1.79 bits per heavy atom. The van der Waals surface area contributed by atoms with Crippen molar-refractivity contribution >= 4 is 35.0 Å². The number of carbonyl (C=O) groups is 3. The number of halogens is 1. The van der Waals surface area contributed by atoms with Gasteiger partial charge < -0.3 is 10.2 Å². The van der Waals surface area contributed by atoms with Crippen LogP contribution < -0.4 is 21.1 Å². The summed E-state index contributed by atoms with van der Waals surface area (Å²) in [5.74, 6) is -1.28. The second kappa shape index (κ2) is 9.23. The number of carbonyl (C=O) groups excluding carboxylic acids is 3. The molecule has 3 rings (SSSR count). The Labute approximate surface area is 168 Å². The lowest BCUT2D eigenvalue weighted by molar-refractivity contribution is -0.127. The molecule has 8 heteroatoms. The first-order valence-electron chi connectivity index (χ1n) is 8.97. The second-order valence-corrected chi connectivity index (χ2v) is 6.88. The van der Waals surface area contributed by atoms with Gasteiger partial charge in [-0.2, -0.15) is 0 Å². The second-order valence-electron chi connectivity index (χ2n) is 6.44. The molecular weight excluding hydrogens is 380 g/mol. The standard InChI is InChI=1S/C20H21ClN4O3/c21-16-8-3-6-15(11-16)20(28)22-12-18(26)23-24-19(27)13-25-10-4-7-14-5-1-2-9-17(14)25/h1-3,5-6,8-9,11H,4,7,10,12-13H2,(H,22,28)(H,23,26)(H,24,27). The third kappa shape index (κ3) is 5.23. The van der Waals surface area contributed by atoms with E-state index in [0.717, 1.165) is 25.1 Å². The first-order valence-corrected chi connectivity index (χ1v) is 9.35. The van der Waals surface area contributed by atoms with E-state index < -0.39 is 11.8 Å². The van der Waals surface area contributed by atoms with Gasteiger partial charge in [-0.05, 0) is 42.7 Å². The number of benzene rings is 2. The van der Waals surface area contributed by atoms with Crippen LogP contribution in [0.3, 0.4) is 0 Å². The fraction of sp³-hybridized carbons (Fsp3) is 0.250. The van der Waals surface area contributed by atoms with Gasteiger partial charge in [0.2, 0.25) is 0 Å². The van der Waals surface area contributed by atoms with E-state index >= 15 is 0 Å². The normalized spacial score (nSPS) is 12.7. The maximum atomic E-state index is 12.2. The third-order valence-electron chi connectivity index (χ3n) is 4.38. The highest BCUT2D eigenvalue weighted by molar-refractivity contribution is 6.31. The van der Waals surface area contributed by atoms with Crippen LogP contribution in [0.2, 0.25) is 5.02 Å². The van der Waals surface area contributed by atoms with Crippen LogP contribution in [-0.4, -0.2) is 37.4 Å². The molecule has 28 heavy (non-hydrogen) atoms. The summed E-state index contributed by atoms with van der Waals surface area (Å²) in [7, 11) is 0. The molecule has 0 fully saturated rings. The summed E-state index contributed by atoms with van der Waals surface area (Å²) in [5.41, 5.74) is 7.31. The average molecular weight is 401 g/mol. The molecule has 0 unspecified atom stereocenters. The van der Waals surface area contributed by atoms with E-state index in [1.807, 2.05) is 23.1 Å². The molecule has 3 amide bonds. The highest BCUT2D eigenvalue weighted by Gasteiger charge is 2.18. The summed E-state index contributed by atoms with van der Waals surface area (Å²) in [5, 5.41) is 2.91. The Morgan fingerprint density at radius 1 is 1.00 bits per heavy atom. The van der Waals surface area contributed by atoms with Gasteiger partial charge in [0.15, 0.2) is 0 Å². The number of rotatable bonds is 5. The predicted octanol–water partition coefficient (Wildman–Crippen LogP) is 1.67. The molecule has 0 bridgehead atoms. The number of fused-ring (bicyclic) bond motifs is 1. The fourth-order valence-electron chi connectivity index (χ4n) is 3.06. The van der Waals surface area contributed by atoms with Gasteiger partial charge in [0.1, 0.15) is 0 Å². The predicted molar refractivity (Wildman–Crippen MR) is 107 cm³/mol. The Bertz CT molecular complexity index is 887. The van der Waals surface area contributed by atoms with Crippen molar-refractivity contribution in [3.8, 4) is 0 Å². The van der Waals surface area contributed by atoms with E-state index in [1.54, 1.807) is 18.2 Å². The van der Waals surface area contributed by atoms with E-state index in [4.69, 9.17) is 11.6 Å². The van der Waals surface area contributed by atoms with Gasteiger partial charge in [0.05, 0.1) is 13.1 Å². The van der Waals surface area contributed by atoms with Gasteiger partial charge in [-0.15, -0.1) is 0 Å². The van der Waals surface area contributed by atoms with E-state index in [2.05, 4.69) is 22.2 Å². The molecule has 0 atom stereocenters. The van der Waals surface area contributed by atoms with Crippen LogP contribution in [0.25, 0.3) is 0 Å². The highest BCUT2D eigenvalue weighted by atomic mass is 35.5. The minimum Gasteiger partial charge on any atom is -0.362 e. The lowest BCUT2D eigenvalue weighted by Gasteiger charge is -2.30. The molecule has 1 aliphatic rings. The number of para-hydroxylation sites is 1. The molecule has 1 heterocycles. The summed E-state index contributed by atoms with van der Waals surface area (Å²) < 4.78 is 0. The van der Waals surface area contributed by atoms with Gasteiger partial charge in [-0.25, -0.2) is 0 Å². The monoisotopic (exact) mass is 400 g/mol. The summed E-state index contributed by atoms with van der Waals surface area (Å²) in [6.45, 7) is 0.665. The van der Waals surface area contributed by atoms with Crippen LogP contribution in [0.5, 0.6) is 0 Å². The van der Waals surface area contributed by atoms with Crippen molar-refractivity contribution in [3.63, 3.8) is 0 Å². The molecule has 146 valence electrons. The van der Waals surface area contributed by atoms with E-state index in [0.29, 0.717) is 10.6 Å². The Hall–Kier alpha value is -3.06. The van der Waals surface area contributed by atoms with Crippen molar-refractivity contribution in [1.29, 1.82) is 0 Å². The van der Waals surface area contributed by atoms with Crippen LogP contribution in [0, 0.1) is 0 Å². The number of amides is 3. The fourth-order valence-corrected chi connectivity index (χ4v) is 3.25. The number of nitrogens with zero attached hydrogens (tertiary/aromatic N) is 1. The summed E-state index contributed by atoms with van der Waals surface area (Å²) >= 11 is 5.84. The first kappa shape index (κ1) is 19.7. The summed E-state index contributed by atoms with van der Waals surface area (Å²) in [4.78, 5) is 38.0. The van der Waals surface area contributed by atoms with Crippen LogP contribution >= 0.6 is 11.6 Å². The molecule has 2 aromatic carbocycles. The molecule has 2 aromatic rings. The zero-order chi connectivity index (χ0) is 19.9. The average Bonchev–Trinajstić information content (AvgIpc) is 2.71. The van der Waals surface area contributed by atoms with Gasteiger partial charge in [0.25, 0.3) is 17.7 Å². The molecule has 7 nitrogen and oxygen atoms in total. The summed E-state index contributed by atoms with van der Waals surface area (Å²) in [6, 6.07) is 14.4. The van der Waals surface area contributed by atoms with Crippen molar-refractivity contribution < 1.29 is 14.4 Å². The minimum atomic E-state index is -0.525. The van der Waals surface area contributed by atoms with Crippen LogP contribution in [0.1, 0.15) is 22.3 Å². The molecular formula is C20H21ClN4O3. The highest BCUT2D eigenvalue weighted by Crippen LogP contribution is 2.26. The number of hydrazine groups is 1. The number of hydrogen-bond acceptors (Lipinski definition) is 4. The number of aryl methyl sites for hydroxylation is 1. The van der Waals surface area contributed by atoms with E-state index in [1.165, 1.54) is 11.6 Å². The number of anilines is 1. The third-order valence-corrected chi connectivity index (χ3v) is 4.61. The smallest absolute Gasteiger partial charge is 0.257 e. The SMILES string of the molecule is O=C(CNC(=O)c1cccc(Cl)c1)NNC(=O)CN1CCCc2ccccc21. The van der Waals surface area contributed by atoms with Crippen molar-refractivity contribution in [1.82, 2.24) is 16.2 Å². The zero-order valence-electron chi connectivity index (χ0n) is 15.2. The van der Waals surface area contributed by atoms with Crippen molar-refractivity contribution in [3.05, 3.63) is 64.7 Å². The van der Waals surface area contributed by atoms with Gasteiger partial charge in [-0.1, -0.05) is 35.9 Å². The van der Waals surface area contributed by atoms with E-state index in [9.17, 15) is 14.4 Å². The molecule has 0 aliphatic carbocycles. The molecule has 0 aromatic heterocycles. The molecule has 0 saturated carbocycles. The lowest BCUT2D eigenvalue weighted by atomic mass is 10.0. The zero-order valence-corrected chi connectivity index (χ0v) is 16.0. The Balaban J connectivity index is 1.42. The lowest BCUT2D eigenvalue weighted by Crippen LogP contribution is -2.49. The van der Waals surface area contributed by atoms with Crippen LogP contribution in [0.15, 0.2) is 48.5 Å². The quantitative estimate of drug-likeness (QED) is 0.666. The van der Waals surface area contributed by atoms with Crippen LogP contribution in [0.4, 0.5) is 5.69 Å². The molecule has 3 N–H and O–H groups in total. The van der Waals surface area contributed by atoms with E-state index in [-0.39, 0.29) is 19.0 Å². The molecule has 0 saturated heterocycles. The van der Waals surface area contributed by atoms with Crippen LogP contribution in [-0.2, 0) is 16.0 Å². The van der Waals surface area contributed by atoms with Gasteiger partial charge in [-0.3, -0.25) is 25.2 Å². The maximum Gasteiger partial charge on any atom is 0.257 e. The van der Waals surface area contributed by atoms with Gasteiger partial charge in [0, 0.05) is 22.8 Å². The number of nitrogens with one attached hydrogen (secondary N) is 3. The minimum absolute atomic E-state index is 0.145. The van der Waals surface area contributed by atoms with Crippen molar-refractivity contribution in [2.75, 3.05) is 24.5 Å². The van der Waals surface area contributed by atoms with Gasteiger partial charge >= 0.3 is 0 Å². The molecule has 0 radical (unpaired) electrons. The van der Waals surface area contributed by atoms with Crippen molar-refractivity contribution in [2.45, 2.75) is 12.8 Å².